The monoisotopic (exact) mass is 344 g/mol. The van der Waals surface area contributed by atoms with Crippen LogP contribution in [0.15, 0.2) is 22.7 Å². The van der Waals surface area contributed by atoms with E-state index in [2.05, 4.69) is 28.2 Å². The third kappa shape index (κ3) is 3.50. The Bertz CT molecular complexity index is 494. The minimum Gasteiger partial charge on any atom is -0.323 e. The van der Waals surface area contributed by atoms with E-state index in [4.69, 9.17) is 17.3 Å². The molecule has 1 saturated carbocycles. The van der Waals surface area contributed by atoms with E-state index in [1.165, 1.54) is 0 Å². The minimum atomic E-state index is -0.774. The predicted octanol–water partition coefficient (Wildman–Crippen LogP) is 3.95. The molecule has 2 rings (SSSR count). The summed E-state index contributed by atoms with van der Waals surface area (Å²) in [6.45, 7) is 2.14. The van der Waals surface area contributed by atoms with Crippen molar-refractivity contribution >= 4 is 39.1 Å². The molecule has 1 aliphatic carbocycles. The highest BCUT2D eigenvalue weighted by Crippen LogP contribution is 2.32. The number of hydrogen-bond acceptors (Lipinski definition) is 2. The molecule has 0 heterocycles. The van der Waals surface area contributed by atoms with E-state index in [1.807, 2.05) is 6.07 Å². The number of anilines is 1. The van der Waals surface area contributed by atoms with Crippen molar-refractivity contribution in [2.45, 2.75) is 38.1 Å². The van der Waals surface area contributed by atoms with Gasteiger partial charge in [0.05, 0.1) is 16.2 Å². The van der Waals surface area contributed by atoms with E-state index in [9.17, 15) is 4.79 Å². The second kappa shape index (κ2) is 5.81. The van der Waals surface area contributed by atoms with Crippen molar-refractivity contribution in [3.63, 3.8) is 0 Å². The van der Waals surface area contributed by atoms with Crippen LogP contribution in [0.5, 0.6) is 0 Å². The number of nitrogens with one attached hydrogen (secondary N) is 1. The lowest BCUT2D eigenvalue weighted by Gasteiger charge is -2.35. The summed E-state index contributed by atoms with van der Waals surface area (Å²) >= 11 is 9.44. The van der Waals surface area contributed by atoms with Crippen molar-refractivity contribution < 1.29 is 4.79 Å². The standard InChI is InChI=1S/C14H18BrClN2O/c1-9-3-2-6-14(17,8-9)13(19)18-12-7-10(15)4-5-11(12)16/h4-5,7,9H,2-3,6,8,17H2,1H3,(H,18,19). The Kier molecular flexibility index (Phi) is 4.54. The molecule has 19 heavy (non-hydrogen) atoms. The van der Waals surface area contributed by atoms with Gasteiger partial charge < -0.3 is 11.1 Å². The molecular weight excluding hydrogens is 328 g/mol. The van der Waals surface area contributed by atoms with E-state index in [-0.39, 0.29) is 5.91 Å². The maximum Gasteiger partial charge on any atom is 0.244 e. The summed E-state index contributed by atoms with van der Waals surface area (Å²) in [6.07, 6.45) is 3.60. The summed E-state index contributed by atoms with van der Waals surface area (Å²) in [5, 5.41) is 3.37. The fourth-order valence-corrected chi connectivity index (χ4v) is 3.16. The summed E-state index contributed by atoms with van der Waals surface area (Å²) in [5.74, 6) is 0.349. The number of nitrogens with two attached hydrogens (primary N) is 1. The molecule has 0 saturated heterocycles. The molecule has 1 amide bonds. The van der Waals surface area contributed by atoms with Gasteiger partial charge in [0.2, 0.25) is 5.91 Å². The maximum absolute atomic E-state index is 12.4. The molecule has 1 aromatic rings. The van der Waals surface area contributed by atoms with E-state index in [0.29, 0.717) is 16.6 Å². The van der Waals surface area contributed by atoms with Gasteiger partial charge in [-0.15, -0.1) is 0 Å². The molecule has 0 aliphatic heterocycles. The number of carbonyl (C=O) groups excluding carboxylic acids is 1. The molecule has 1 aliphatic rings. The lowest BCUT2D eigenvalue weighted by molar-refractivity contribution is -0.122. The second-order valence-corrected chi connectivity index (χ2v) is 6.76. The lowest BCUT2D eigenvalue weighted by atomic mass is 9.76. The molecule has 3 N–H and O–H groups in total. The number of amides is 1. The minimum absolute atomic E-state index is 0.140. The van der Waals surface area contributed by atoms with Gasteiger partial charge in [-0.25, -0.2) is 0 Å². The third-order valence-electron chi connectivity index (χ3n) is 3.66. The van der Waals surface area contributed by atoms with Crippen LogP contribution in [0.2, 0.25) is 5.02 Å². The first-order valence-corrected chi connectivity index (χ1v) is 7.63. The van der Waals surface area contributed by atoms with Crippen molar-refractivity contribution in [2.24, 2.45) is 11.7 Å². The molecular formula is C14H18BrClN2O. The summed E-state index contributed by atoms with van der Waals surface area (Å²) in [6, 6.07) is 5.36. The van der Waals surface area contributed by atoms with Gasteiger partial charge >= 0.3 is 0 Å². The van der Waals surface area contributed by atoms with Gasteiger partial charge in [-0.3, -0.25) is 4.79 Å². The zero-order chi connectivity index (χ0) is 14.0. The van der Waals surface area contributed by atoms with Crippen molar-refractivity contribution in [3.8, 4) is 0 Å². The van der Waals surface area contributed by atoms with Crippen LogP contribution in [0.3, 0.4) is 0 Å². The number of rotatable bonds is 2. The van der Waals surface area contributed by atoms with Crippen LogP contribution < -0.4 is 11.1 Å². The molecule has 0 aromatic heterocycles. The summed E-state index contributed by atoms with van der Waals surface area (Å²) in [4.78, 5) is 12.4. The normalized spacial score (nSPS) is 27.1. The Balaban J connectivity index is 2.14. The van der Waals surface area contributed by atoms with E-state index in [1.54, 1.807) is 12.1 Å². The highest BCUT2D eigenvalue weighted by Gasteiger charge is 2.38. The SMILES string of the molecule is CC1CCCC(N)(C(=O)Nc2cc(Br)ccc2Cl)C1. The topological polar surface area (TPSA) is 55.1 Å². The first-order chi connectivity index (χ1) is 8.90. The fourth-order valence-electron chi connectivity index (χ4n) is 2.64. The van der Waals surface area contributed by atoms with Crippen LogP contribution >= 0.6 is 27.5 Å². The third-order valence-corrected chi connectivity index (χ3v) is 4.48. The van der Waals surface area contributed by atoms with Crippen LogP contribution in [0.4, 0.5) is 5.69 Å². The Labute approximate surface area is 127 Å². The lowest BCUT2D eigenvalue weighted by Crippen LogP contribution is -2.53. The van der Waals surface area contributed by atoms with Crippen molar-refractivity contribution in [1.29, 1.82) is 0 Å². The second-order valence-electron chi connectivity index (χ2n) is 5.44. The molecule has 2 unspecified atom stereocenters. The van der Waals surface area contributed by atoms with Crippen molar-refractivity contribution in [3.05, 3.63) is 27.7 Å². The zero-order valence-electron chi connectivity index (χ0n) is 10.9. The Morgan fingerprint density at radius 3 is 3.00 bits per heavy atom. The summed E-state index contributed by atoms with van der Waals surface area (Å²) < 4.78 is 0.871. The molecule has 0 spiro atoms. The van der Waals surface area contributed by atoms with Gasteiger partial charge in [-0.1, -0.05) is 47.3 Å². The van der Waals surface area contributed by atoms with Crippen LogP contribution in [-0.4, -0.2) is 11.4 Å². The molecule has 0 radical (unpaired) electrons. The molecule has 1 aromatic carbocycles. The van der Waals surface area contributed by atoms with Crippen LogP contribution in [0.1, 0.15) is 32.6 Å². The molecule has 5 heteroatoms. The fraction of sp³-hybridized carbons (Fsp3) is 0.500. The Morgan fingerprint density at radius 2 is 2.32 bits per heavy atom. The van der Waals surface area contributed by atoms with Gasteiger partial charge in [0.1, 0.15) is 0 Å². The van der Waals surface area contributed by atoms with Gasteiger partial charge in [0, 0.05) is 4.47 Å². The van der Waals surface area contributed by atoms with E-state index in [0.717, 1.165) is 30.2 Å². The smallest absolute Gasteiger partial charge is 0.244 e. The summed E-state index contributed by atoms with van der Waals surface area (Å²) in [5.41, 5.74) is 6.09. The zero-order valence-corrected chi connectivity index (χ0v) is 13.2. The van der Waals surface area contributed by atoms with Gasteiger partial charge in [-0.05, 0) is 37.0 Å². The number of benzene rings is 1. The van der Waals surface area contributed by atoms with E-state index >= 15 is 0 Å². The highest BCUT2D eigenvalue weighted by atomic mass is 79.9. The average Bonchev–Trinajstić information content (AvgIpc) is 2.33. The molecule has 0 bridgehead atoms. The van der Waals surface area contributed by atoms with Crippen LogP contribution in [0.25, 0.3) is 0 Å². The Hall–Kier alpha value is -0.580. The largest absolute Gasteiger partial charge is 0.323 e. The molecule has 104 valence electrons. The van der Waals surface area contributed by atoms with E-state index < -0.39 is 5.54 Å². The van der Waals surface area contributed by atoms with Gasteiger partial charge in [0.25, 0.3) is 0 Å². The van der Waals surface area contributed by atoms with Crippen molar-refractivity contribution in [2.75, 3.05) is 5.32 Å². The summed E-state index contributed by atoms with van der Waals surface area (Å²) in [7, 11) is 0. The average molecular weight is 346 g/mol. The number of hydrogen-bond donors (Lipinski definition) is 2. The quantitative estimate of drug-likeness (QED) is 0.852. The predicted molar refractivity (Wildman–Crippen MR) is 82.3 cm³/mol. The molecule has 3 nitrogen and oxygen atoms in total. The van der Waals surface area contributed by atoms with Gasteiger partial charge in [-0.2, -0.15) is 0 Å². The first kappa shape index (κ1) is 14.8. The molecule has 2 atom stereocenters. The maximum atomic E-state index is 12.4. The number of halogens is 2. The van der Waals surface area contributed by atoms with Crippen LogP contribution in [-0.2, 0) is 4.79 Å². The van der Waals surface area contributed by atoms with Crippen molar-refractivity contribution in [1.82, 2.24) is 0 Å². The number of carbonyl (C=O) groups is 1. The Morgan fingerprint density at radius 1 is 1.58 bits per heavy atom. The van der Waals surface area contributed by atoms with Crippen LogP contribution in [0, 0.1) is 5.92 Å². The highest BCUT2D eigenvalue weighted by molar-refractivity contribution is 9.10. The molecule has 1 fully saturated rings. The first-order valence-electron chi connectivity index (χ1n) is 6.46. The van der Waals surface area contributed by atoms with Gasteiger partial charge in [0.15, 0.2) is 0 Å².